The topological polar surface area (TPSA) is 55.8 Å². The van der Waals surface area contributed by atoms with Gasteiger partial charge in [0.25, 0.3) is 0 Å². The lowest BCUT2D eigenvalue weighted by Gasteiger charge is -2.13. The summed E-state index contributed by atoms with van der Waals surface area (Å²) in [6.07, 6.45) is 4.73. The van der Waals surface area contributed by atoms with Crippen LogP contribution in [0.1, 0.15) is 36.0 Å². The van der Waals surface area contributed by atoms with Crippen molar-refractivity contribution in [2.75, 3.05) is 7.11 Å². The Kier molecular flexibility index (Phi) is 3.52. The number of ether oxygens (including phenoxy) is 2. The van der Waals surface area contributed by atoms with E-state index in [1.807, 2.05) is 0 Å². The third-order valence-electron chi connectivity index (χ3n) is 2.98. The molecule has 17 heavy (non-hydrogen) atoms. The predicted octanol–water partition coefficient (Wildman–Crippen LogP) is 2.50. The lowest BCUT2D eigenvalue weighted by molar-refractivity contribution is 0.0597. The first-order chi connectivity index (χ1) is 8.20. The highest BCUT2D eigenvalue weighted by Gasteiger charge is 2.18. The third-order valence-corrected chi connectivity index (χ3v) is 2.98. The van der Waals surface area contributed by atoms with E-state index >= 15 is 0 Å². The minimum atomic E-state index is -0.546. The van der Waals surface area contributed by atoms with Gasteiger partial charge in [0, 0.05) is 6.07 Å². The molecule has 0 spiro atoms. The van der Waals surface area contributed by atoms with Crippen molar-refractivity contribution in [3.63, 3.8) is 0 Å². The van der Waals surface area contributed by atoms with E-state index in [-0.39, 0.29) is 17.4 Å². The molecule has 1 aromatic rings. The quantitative estimate of drug-likeness (QED) is 0.819. The van der Waals surface area contributed by atoms with Crippen LogP contribution in [0, 0.1) is 0 Å². The molecule has 0 unspecified atom stereocenters. The van der Waals surface area contributed by atoms with Crippen LogP contribution in [0.2, 0.25) is 0 Å². The van der Waals surface area contributed by atoms with Crippen molar-refractivity contribution in [2.24, 2.45) is 0 Å². The molecule has 0 atom stereocenters. The molecule has 0 heterocycles. The second kappa shape index (κ2) is 5.08. The highest BCUT2D eigenvalue weighted by atomic mass is 16.5. The van der Waals surface area contributed by atoms with E-state index in [0.717, 1.165) is 12.8 Å². The van der Waals surface area contributed by atoms with Gasteiger partial charge >= 0.3 is 5.97 Å². The first-order valence-corrected chi connectivity index (χ1v) is 5.78. The third kappa shape index (κ3) is 2.70. The molecule has 1 aliphatic carbocycles. The van der Waals surface area contributed by atoms with Crippen molar-refractivity contribution in [1.82, 2.24) is 0 Å². The van der Waals surface area contributed by atoms with Gasteiger partial charge in [-0.1, -0.05) is 0 Å². The number of carbonyl (C=O) groups excluding carboxylic acids is 1. The summed E-state index contributed by atoms with van der Waals surface area (Å²) >= 11 is 0. The van der Waals surface area contributed by atoms with Gasteiger partial charge < -0.3 is 14.6 Å². The Morgan fingerprint density at radius 1 is 1.35 bits per heavy atom. The average Bonchev–Trinajstić information content (AvgIpc) is 2.81. The Labute approximate surface area is 100 Å². The monoisotopic (exact) mass is 236 g/mol. The van der Waals surface area contributed by atoms with Crippen LogP contribution in [-0.2, 0) is 4.74 Å². The summed E-state index contributed by atoms with van der Waals surface area (Å²) in [6.45, 7) is 0. The van der Waals surface area contributed by atoms with Gasteiger partial charge in [0.2, 0.25) is 0 Å². The van der Waals surface area contributed by atoms with Gasteiger partial charge in [-0.25, -0.2) is 4.79 Å². The van der Waals surface area contributed by atoms with Gasteiger partial charge in [-0.05, 0) is 37.8 Å². The van der Waals surface area contributed by atoms with E-state index in [9.17, 15) is 9.90 Å². The molecule has 0 bridgehead atoms. The summed E-state index contributed by atoms with van der Waals surface area (Å²) in [4.78, 5) is 11.3. The second-order valence-corrected chi connectivity index (χ2v) is 4.19. The Morgan fingerprint density at radius 3 is 2.65 bits per heavy atom. The molecule has 0 aromatic heterocycles. The summed E-state index contributed by atoms with van der Waals surface area (Å²) in [6, 6.07) is 4.67. The van der Waals surface area contributed by atoms with Crippen molar-refractivity contribution in [3.8, 4) is 11.5 Å². The molecule has 4 heteroatoms. The molecule has 92 valence electrons. The minimum absolute atomic E-state index is 0.104. The maximum atomic E-state index is 11.3. The molecule has 2 rings (SSSR count). The molecule has 0 amide bonds. The molecular weight excluding hydrogens is 220 g/mol. The SMILES string of the molecule is COC(=O)c1ccc(OC2CCCC2)cc1O. The fraction of sp³-hybridized carbons (Fsp3) is 0.462. The van der Waals surface area contributed by atoms with Crippen LogP contribution in [0.5, 0.6) is 11.5 Å². The Hall–Kier alpha value is -1.71. The number of aromatic hydroxyl groups is 1. The minimum Gasteiger partial charge on any atom is -0.507 e. The van der Waals surface area contributed by atoms with Crippen molar-refractivity contribution in [3.05, 3.63) is 23.8 Å². The molecule has 0 saturated heterocycles. The number of methoxy groups -OCH3 is 1. The molecule has 1 N–H and O–H groups in total. The highest BCUT2D eigenvalue weighted by Crippen LogP contribution is 2.28. The number of phenolic OH excluding ortho intramolecular Hbond substituents is 1. The number of phenols is 1. The lowest BCUT2D eigenvalue weighted by atomic mass is 10.2. The standard InChI is InChI=1S/C13H16O4/c1-16-13(15)11-7-6-10(8-12(11)14)17-9-4-2-3-5-9/h6-9,14H,2-5H2,1H3. The summed E-state index contributed by atoms with van der Waals surface area (Å²) in [5, 5.41) is 9.69. The van der Waals surface area contributed by atoms with E-state index in [1.165, 1.54) is 32.1 Å². The summed E-state index contributed by atoms with van der Waals surface area (Å²) < 4.78 is 10.3. The Balaban J connectivity index is 2.10. The first-order valence-electron chi connectivity index (χ1n) is 5.78. The molecule has 1 fully saturated rings. The van der Waals surface area contributed by atoms with Gasteiger partial charge in [0.15, 0.2) is 0 Å². The Bertz CT molecular complexity index is 408. The summed E-state index contributed by atoms with van der Waals surface area (Å²) in [5.41, 5.74) is 0.159. The van der Waals surface area contributed by atoms with E-state index in [4.69, 9.17) is 4.74 Å². The number of esters is 1. The average molecular weight is 236 g/mol. The van der Waals surface area contributed by atoms with Gasteiger partial charge in [-0.2, -0.15) is 0 Å². The van der Waals surface area contributed by atoms with Crippen LogP contribution in [-0.4, -0.2) is 24.3 Å². The summed E-state index contributed by atoms with van der Waals surface area (Å²) in [7, 11) is 1.28. The maximum absolute atomic E-state index is 11.3. The molecule has 0 aliphatic heterocycles. The molecule has 0 radical (unpaired) electrons. The lowest BCUT2D eigenvalue weighted by Crippen LogP contribution is -2.11. The highest BCUT2D eigenvalue weighted by molar-refractivity contribution is 5.92. The van der Waals surface area contributed by atoms with E-state index in [1.54, 1.807) is 6.07 Å². The zero-order valence-corrected chi connectivity index (χ0v) is 9.81. The fourth-order valence-corrected chi connectivity index (χ4v) is 2.07. The normalized spacial score (nSPS) is 15.8. The maximum Gasteiger partial charge on any atom is 0.341 e. The van der Waals surface area contributed by atoms with Crippen molar-refractivity contribution in [1.29, 1.82) is 0 Å². The van der Waals surface area contributed by atoms with E-state index in [0.29, 0.717) is 5.75 Å². The zero-order chi connectivity index (χ0) is 12.3. The Morgan fingerprint density at radius 2 is 2.06 bits per heavy atom. The number of benzene rings is 1. The fourth-order valence-electron chi connectivity index (χ4n) is 2.07. The zero-order valence-electron chi connectivity index (χ0n) is 9.81. The molecule has 1 aromatic carbocycles. The number of rotatable bonds is 3. The second-order valence-electron chi connectivity index (χ2n) is 4.19. The van der Waals surface area contributed by atoms with Crippen molar-refractivity contribution < 1.29 is 19.4 Å². The largest absolute Gasteiger partial charge is 0.507 e. The first kappa shape index (κ1) is 11.8. The van der Waals surface area contributed by atoms with Crippen LogP contribution < -0.4 is 4.74 Å². The number of hydrogen-bond donors (Lipinski definition) is 1. The van der Waals surface area contributed by atoms with Gasteiger partial charge in [0.1, 0.15) is 17.1 Å². The van der Waals surface area contributed by atoms with E-state index in [2.05, 4.69) is 4.74 Å². The number of carbonyl (C=O) groups is 1. The van der Waals surface area contributed by atoms with Crippen LogP contribution in [0.3, 0.4) is 0 Å². The smallest absolute Gasteiger partial charge is 0.341 e. The van der Waals surface area contributed by atoms with Crippen molar-refractivity contribution >= 4 is 5.97 Å². The van der Waals surface area contributed by atoms with Gasteiger partial charge in [0.05, 0.1) is 13.2 Å². The van der Waals surface area contributed by atoms with Crippen LogP contribution in [0.15, 0.2) is 18.2 Å². The van der Waals surface area contributed by atoms with Gasteiger partial charge in [-0.15, -0.1) is 0 Å². The summed E-state index contributed by atoms with van der Waals surface area (Å²) in [5.74, 6) is -0.0516. The predicted molar refractivity (Wildman–Crippen MR) is 62.3 cm³/mol. The van der Waals surface area contributed by atoms with Crippen LogP contribution >= 0.6 is 0 Å². The van der Waals surface area contributed by atoms with Crippen LogP contribution in [0.25, 0.3) is 0 Å². The number of hydrogen-bond acceptors (Lipinski definition) is 4. The molecule has 4 nitrogen and oxygen atoms in total. The van der Waals surface area contributed by atoms with E-state index < -0.39 is 5.97 Å². The van der Waals surface area contributed by atoms with Crippen molar-refractivity contribution in [2.45, 2.75) is 31.8 Å². The van der Waals surface area contributed by atoms with Gasteiger partial charge in [-0.3, -0.25) is 0 Å². The van der Waals surface area contributed by atoms with Crippen LogP contribution in [0.4, 0.5) is 0 Å². The molecule has 1 aliphatic rings. The molecule has 1 saturated carbocycles. The molecular formula is C13H16O4.